The SMILES string of the molecule is Cc1sc(C)c2c1COc1cc3c[nH]c(N)c3cc1OC2. The molecule has 5 heteroatoms. The van der Waals surface area contributed by atoms with Crippen molar-refractivity contribution in [2.75, 3.05) is 5.73 Å². The van der Waals surface area contributed by atoms with Crippen molar-refractivity contribution in [3.63, 3.8) is 0 Å². The molecule has 0 unspecified atom stereocenters. The Morgan fingerprint density at radius 2 is 1.67 bits per heavy atom. The lowest BCUT2D eigenvalue weighted by molar-refractivity contribution is 0.238. The molecule has 1 aliphatic heterocycles. The number of thiophene rings is 1. The molecule has 108 valence electrons. The first-order valence-electron chi connectivity index (χ1n) is 6.87. The van der Waals surface area contributed by atoms with Gasteiger partial charge in [0.2, 0.25) is 0 Å². The van der Waals surface area contributed by atoms with Crippen LogP contribution in [0.3, 0.4) is 0 Å². The summed E-state index contributed by atoms with van der Waals surface area (Å²) >= 11 is 1.80. The van der Waals surface area contributed by atoms with Gasteiger partial charge in [-0.05, 0) is 26.0 Å². The standard InChI is InChI=1S/C16H16N2O2S/c1-8-12-6-19-14-3-10-5-18-16(17)11(10)4-15(14)20-7-13(12)9(2)21-8/h3-5,18H,6-7,17H2,1-2H3. The Morgan fingerprint density at radius 1 is 1.05 bits per heavy atom. The van der Waals surface area contributed by atoms with Gasteiger partial charge >= 0.3 is 0 Å². The first-order chi connectivity index (χ1) is 10.1. The van der Waals surface area contributed by atoms with Crippen LogP contribution in [0.15, 0.2) is 18.3 Å². The number of nitrogens with one attached hydrogen (secondary N) is 1. The molecule has 3 aromatic rings. The summed E-state index contributed by atoms with van der Waals surface area (Å²) in [5, 5.41) is 2.00. The van der Waals surface area contributed by atoms with Crippen molar-refractivity contribution in [1.29, 1.82) is 0 Å². The maximum Gasteiger partial charge on any atom is 0.162 e. The first-order valence-corrected chi connectivity index (χ1v) is 7.69. The van der Waals surface area contributed by atoms with Crippen molar-refractivity contribution in [2.45, 2.75) is 27.1 Å². The van der Waals surface area contributed by atoms with Crippen molar-refractivity contribution >= 4 is 27.9 Å². The fraction of sp³-hybridized carbons (Fsp3) is 0.250. The number of aryl methyl sites for hydroxylation is 2. The van der Waals surface area contributed by atoms with Crippen molar-refractivity contribution in [2.24, 2.45) is 0 Å². The van der Waals surface area contributed by atoms with Gasteiger partial charge in [0.1, 0.15) is 19.0 Å². The second kappa shape index (κ2) is 4.43. The number of H-pyrrole nitrogens is 1. The minimum absolute atomic E-state index is 0.581. The normalized spacial score (nSPS) is 13.8. The van der Waals surface area contributed by atoms with Crippen LogP contribution in [0.4, 0.5) is 5.82 Å². The topological polar surface area (TPSA) is 60.3 Å². The monoisotopic (exact) mass is 300 g/mol. The molecule has 2 aromatic heterocycles. The van der Waals surface area contributed by atoms with Gasteiger partial charge in [-0.15, -0.1) is 11.3 Å². The van der Waals surface area contributed by atoms with E-state index in [0.29, 0.717) is 19.0 Å². The molecule has 4 nitrogen and oxygen atoms in total. The van der Waals surface area contributed by atoms with Crippen molar-refractivity contribution < 1.29 is 9.47 Å². The number of hydrogen-bond donors (Lipinski definition) is 2. The van der Waals surface area contributed by atoms with E-state index in [-0.39, 0.29) is 0 Å². The largest absolute Gasteiger partial charge is 0.485 e. The van der Waals surface area contributed by atoms with Crippen molar-refractivity contribution in [1.82, 2.24) is 4.98 Å². The lowest BCUT2D eigenvalue weighted by atomic mass is 10.1. The molecule has 0 atom stereocenters. The van der Waals surface area contributed by atoms with Gasteiger partial charge in [-0.25, -0.2) is 0 Å². The van der Waals surface area contributed by atoms with Gasteiger partial charge < -0.3 is 20.2 Å². The summed E-state index contributed by atoms with van der Waals surface area (Å²) in [5.41, 5.74) is 8.45. The minimum Gasteiger partial charge on any atom is -0.485 e. The Kier molecular flexibility index (Phi) is 2.65. The number of aromatic nitrogens is 1. The fourth-order valence-corrected chi connectivity index (χ4v) is 3.91. The van der Waals surface area contributed by atoms with Gasteiger partial charge in [0.25, 0.3) is 0 Å². The van der Waals surface area contributed by atoms with Crippen LogP contribution >= 0.6 is 11.3 Å². The highest BCUT2D eigenvalue weighted by molar-refractivity contribution is 7.12. The zero-order valence-electron chi connectivity index (χ0n) is 11.9. The highest BCUT2D eigenvalue weighted by Gasteiger charge is 2.19. The number of aromatic amines is 1. The van der Waals surface area contributed by atoms with E-state index >= 15 is 0 Å². The molecule has 0 saturated heterocycles. The Bertz CT molecular complexity index is 848. The summed E-state index contributed by atoms with van der Waals surface area (Å²) in [4.78, 5) is 5.64. The minimum atomic E-state index is 0.581. The Morgan fingerprint density at radius 3 is 2.33 bits per heavy atom. The molecule has 4 rings (SSSR count). The molecule has 1 aromatic carbocycles. The zero-order chi connectivity index (χ0) is 14.6. The smallest absolute Gasteiger partial charge is 0.162 e. The van der Waals surface area contributed by atoms with Gasteiger partial charge in [0.15, 0.2) is 11.5 Å². The Hall–Kier alpha value is -2.14. The van der Waals surface area contributed by atoms with E-state index in [1.807, 2.05) is 18.3 Å². The van der Waals surface area contributed by atoms with E-state index in [4.69, 9.17) is 15.2 Å². The number of benzene rings is 1. The van der Waals surface area contributed by atoms with Crippen molar-refractivity contribution in [3.8, 4) is 11.5 Å². The highest BCUT2D eigenvalue weighted by Crippen LogP contribution is 2.39. The van der Waals surface area contributed by atoms with E-state index in [9.17, 15) is 0 Å². The van der Waals surface area contributed by atoms with Crippen LogP contribution in [0, 0.1) is 13.8 Å². The van der Waals surface area contributed by atoms with E-state index in [1.165, 1.54) is 20.9 Å². The second-order valence-corrected chi connectivity index (χ2v) is 6.77. The van der Waals surface area contributed by atoms with Gasteiger partial charge in [-0.2, -0.15) is 0 Å². The Balaban J connectivity index is 1.81. The Labute approximate surface area is 126 Å². The molecule has 0 radical (unpaired) electrons. The molecule has 0 fully saturated rings. The third-order valence-corrected chi connectivity index (χ3v) is 5.16. The number of fused-ring (bicyclic) bond motifs is 3. The van der Waals surface area contributed by atoms with Gasteiger partial charge in [0, 0.05) is 37.9 Å². The van der Waals surface area contributed by atoms with Crippen LogP contribution < -0.4 is 15.2 Å². The molecule has 3 N–H and O–H groups in total. The number of nitrogen functional groups attached to an aromatic ring is 1. The highest BCUT2D eigenvalue weighted by atomic mass is 32.1. The van der Waals surface area contributed by atoms with Crippen molar-refractivity contribution in [3.05, 3.63) is 39.2 Å². The fourth-order valence-electron chi connectivity index (χ4n) is 2.84. The molecule has 1 aliphatic rings. The summed E-state index contributed by atoms with van der Waals surface area (Å²) in [5.74, 6) is 2.18. The average molecular weight is 300 g/mol. The van der Waals surface area contributed by atoms with Gasteiger partial charge in [-0.1, -0.05) is 0 Å². The predicted molar refractivity (Wildman–Crippen MR) is 85.2 cm³/mol. The predicted octanol–water partition coefficient (Wildman–Crippen LogP) is 3.90. The maximum atomic E-state index is 5.99. The molecule has 0 saturated carbocycles. The molecular formula is C16H16N2O2S. The first kappa shape index (κ1) is 12.6. The second-order valence-electron chi connectivity index (χ2n) is 5.34. The van der Waals surface area contributed by atoms with Crippen LogP contribution in [0.5, 0.6) is 11.5 Å². The van der Waals surface area contributed by atoms with Crippen LogP contribution in [-0.2, 0) is 13.2 Å². The molecule has 0 bridgehead atoms. The number of nitrogens with two attached hydrogens (primary N) is 1. The zero-order valence-corrected chi connectivity index (χ0v) is 12.8. The van der Waals surface area contributed by atoms with E-state index < -0.39 is 0 Å². The summed E-state index contributed by atoms with van der Waals surface area (Å²) in [7, 11) is 0. The number of ether oxygens (including phenoxy) is 2. The lowest BCUT2D eigenvalue weighted by Gasteiger charge is -2.18. The molecular weight excluding hydrogens is 284 g/mol. The van der Waals surface area contributed by atoms with Crippen LogP contribution in [0.2, 0.25) is 0 Å². The molecule has 0 spiro atoms. The molecule has 0 amide bonds. The molecule has 21 heavy (non-hydrogen) atoms. The number of hydrogen-bond acceptors (Lipinski definition) is 4. The van der Waals surface area contributed by atoms with Crippen LogP contribution in [0.1, 0.15) is 20.9 Å². The third-order valence-electron chi connectivity index (χ3n) is 4.05. The van der Waals surface area contributed by atoms with Crippen LogP contribution in [0.25, 0.3) is 10.8 Å². The summed E-state index contributed by atoms with van der Waals surface area (Å²) in [6, 6.07) is 3.94. The number of rotatable bonds is 0. The average Bonchev–Trinajstić information content (AvgIpc) is 2.91. The lowest BCUT2D eigenvalue weighted by Crippen LogP contribution is -2.08. The van der Waals surface area contributed by atoms with E-state index in [2.05, 4.69) is 18.8 Å². The summed E-state index contributed by atoms with van der Waals surface area (Å²) < 4.78 is 12.0. The summed E-state index contributed by atoms with van der Waals surface area (Å²) in [6.07, 6.45) is 1.89. The maximum absolute atomic E-state index is 5.99. The van der Waals surface area contributed by atoms with Gasteiger partial charge in [-0.3, -0.25) is 0 Å². The number of anilines is 1. The molecule has 0 aliphatic carbocycles. The summed E-state index contributed by atoms with van der Waals surface area (Å²) in [6.45, 7) is 5.44. The quantitative estimate of drug-likeness (QED) is 0.662. The van der Waals surface area contributed by atoms with Crippen LogP contribution in [-0.4, -0.2) is 4.98 Å². The van der Waals surface area contributed by atoms with E-state index in [1.54, 1.807) is 11.3 Å². The van der Waals surface area contributed by atoms with Gasteiger partial charge in [0.05, 0.1) is 0 Å². The molecule has 3 heterocycles. The van der Waals surface area contributed by atoms with E-state index in [0.717, 1.165) is 22.3 Å². The third kappa shape index (κ3) is 1.88.